The van der Waals surface area contributed by atoms with Crippen molar-refractivity contribution in [1.29, 1.82) is 0 Å². The van der Waals surface area contributed by atoms with E-state index in [1.54, 1.807) is 21.3 Å². The van der Waals surface area contributed by atoms with E-state index in [0.29, 0.717) is 19.6 Å². The van der Waals surface area contributed by atoms with E-state index < -0.39 is 0 Å². The van der Waals surface area contributed by atoms with Gasteiger partial charge in [0.1, 0.15) is 17.2 Å². The largest absolute Gasteiger partial charge is 0.497 e. The molecule has 1 spiro atoms. The number of amides is 2. The second-order valence-electron chi connectivity index (χ2n) is 11.4. The summed E-state index contributed by atoms with van der Waals surface area (Å²) in [6, 6.07) is 12.1. The Morgan fingerprint density at radius 3 is 2.25 bits per heavy atom. The summed E-state index contributed by atoms with van der Waals surface area (Å²) in [7, 11) is 7.08. The maximum Gasteiger partial charge on any atom is 0.317 e. The van der Waals surface area contributed by atoms with Crippen molar-refractivity contribution >= 4 is 16.9 Å². The molecule has 9 heteroatoms. The smallest absolute Gasteiger partial charge is 0.317 e. The van der Waals surface area contributed by atoms with Crippen LogP contribution in [0.3, 0.4) is 0 Å². The van der Waals surface area contributed by atoms with Crippen LogP contribution in [0, 0.1) is 0 Å². The number of aromatic nitrogens is 1. The molecule has 216 valence electrons. The van der Waals surface area contributed by atoms with E-state index >= 15 is 0 Å². The molecule has 0 bridgehead atoms. The maximum absolute atomic E-state index is 12.9. The number of hydrogen-bond acceptors (Lipinski definition) is 6. The molecule has 3 aromatic rings. The third kappa shape index (κ3) is 4.97. The lowest BCUT2D eigenvalue weighted by atomic mass is 9.68. The fraction of sp³-hybridized carbons (Fsp3) is 0.516. The fourth-order valence-corrected chi connectivity index (χ4v) is 6.71. The van der Waals surface area contributed by atoms with Gasteiger partial charge in [-0.25, -0.2) is 4.79 Å². The lowest BCUT2D eigenvalue weighted by Gasteiger charge is -2.50. The number of piperidine rings is 1. The van der Waals surface area contributed by atoms with Gasteiger partial charge >= 0.3 is 6.03 Å². The zero-order valence-corrected chi connectivity index (χ0v) is 24.5. The van der Waals surface area contributed by atoms with Gasteiger partial charge in [0, 0.05) is 67.9 Å². The number of rotatable bonds is 7. The van der Waals surface area contributed by atoms with Gasteiger partial charge in [-0.2, -0.15) is 0 Å². The lowest BCUT2D eigenvalue weighted by Crippen LogP contribution is -2.56. The number of nitrogens with zero attached hydrogens (tertiary/aromatic N) is 3. The first-order valence-electron chi connectivity index (χ1n) is 14.0. The fourth-order valence-electron chi connectivity index (χ4n) is 6.71. The first-order valence-corrected chi connectivity index (χ1v) is 14.0. The highest BCUT2D eigenvalue weighted by atomic mass is 16.5. The summed E-state index contributed by atoms with van der Waals surface area (Å²) in [5, 5.41) is 15.1. The molecule has 3 heterocycles. The zero-order chi connectivity index (χ0) is 28.6. The molecule has 0 radical (unpaired) electrons. The topological polar surface area (TPSA) is 88.4 Å². The zero-order valence-electron chi connectivity index (χ0n) is 24.5. The van der Waals surface area contributed by atoms with Gasteiger partial charge in [0.2, 0.25) is 0 Å². The molecule has 1 fully saturated rings. The highest BCUT2D eigenvalue weighted by Crippen LogP contribution is 2.50. The number of aliphatic hydroxyl groups excluding tert-OH is 1. The molecule has 2 aliphatic heterocycles. The van der Waals surface area contributed by atoms with Crippen LogP contribution < -0.4 is 19.5 Å². The third-order valence-electron chi connectivity index (χ3n) is 8.64. The average molecular weight is 551 g/mol. The van der Waals surface area contributed by atoms with E-state index in [4.69, 9.17) is 14.2 Å². The summed E-state index contributed by atoms with van der Waals surface area (Å²) in [6.07, 6.45) is 1.68. The van der Waals surface area contributed by atoms with Gasteiger partial charge in [-0.3, -0.25) is 4.90 Å². The highest BCUT2D eigenvalue weighted by molar-refractivity contribution is 5.88. The number of likely N-dealkylation sites (tertiary alicyclic amines) is 1. The minimum atomic E-state index is -0.191. The van der Waals surface area contributed by atoms with Crippen molar-refractivity contribution in [3.63, 3.8) is 0 Å². The second-order valence-corrected chi connectivity index (χ2v) is 11.4. The Kier molecular flexibility index (Phi) is 7.88. The molecule has 9 nitrogen and oxygen atoms in total. The SMILES string of the molecule is COc1cc(CN2CC3(CCN(C(=O)NC(C)C)CC3)c3c(n(C)c4cc(OC)ccc34)[C@H]2CO)cc(OC)c1. The molecule has 40 heavy (non-hydrogen) atoms. The molecular formula is C31H42N4O5. The number of aryl methyl sites for hydroxylation is 1. The minimum absolute atomic E-state index is 0.00268. The van der Waals surface area contributed by atoms with Crippen LogP contribution in [0.15, 0.2) is 36.4 Å². The molecule has 0 aliphatic carbocycles. The van der Waals surface area contributed by atoms with Crippen LogP contribution >= 0.6 is 0 Å². The van der Waals surface area contributed by atoms with E-state index in [1.165, 1.54) is 10.9 Å². The second kappa shape index (κ2) is 11.2. The first kappa shape index (κ1) is 28.1. The number of carbonyl (C=O) groups excluding carboxylic acids is 1. The number of nitrogens with one attached hydrogen (secondary N) is 1. The predicted molar refractivity (Wildman–Crippen MR) is 155 cm³/mol. The molecule has 0 unspecified atom stereocenters. The molecule has 2 aliphatic rings. The Labute approximate surface area is 236 Å². The summed E-state index contributed by atoms with van der Waals surface area (Å²) in [5.74, 6) is 2.28. The number of methoxy groups -OCH3 is 3. The summed E-state index contributed by atoms with van der Waals surface area (Å²) in [6.45, 7) is 6.72. The van der Waals surface area contributed by atoms with Crippen molar-refractivity contribution in [2.75, 3.05) is 47.6 Å². The third-order valence-corrected chi connectivity index (χ3v) is 8.64. The van der Waals surface area contributed by atoms with Crippen LogP contribution in [-0.4, -0.2) is 79.1 Å². The van der Waals surface area contributed by atoms with E-state index in [0.717, 1.165) is 53.4 Å². The normalized spacial score (nSPS) is 18.7. The molecule has 2 amide bonds. The number of carbonyl (C=O) groups is 1. The molecule has 0 saturated carbocycles. The number of urea groups is 1. The van der Waals surface area contributed by atoms with Crippen LogP contribution in [0.2, 0.25) is 0 Å². The molecule has 1 atom stereocenters. The van der Waals surface area contributed by atoms with Gasteiger partial charge in [0.05, 0.1) is 39.5 Å². The van der Waals surface area contributed by atoms with Crippen molar-refractivity contribution < 1.29 is 24.1 Å². The summed E-state index contributed by atoms with van der Waals surface area (Å²) < 4.78 is 18.9. The quantitative estimate of drug-likeness (QED) is 0.459. The molecule has 2 aromatic carbocycles. The number of fused-ring (bicyclic) bond motifs is 4. The van der Waals surface area contributed by atoms with Crippen LogP contribution in [0.1, 0.15) is 49.6 Å². The average Bonchev–Trinajstić information content (AvgIpc) is 3.25. The van der Waals surface area contributed by atoms with Crippen molar-refractivity contribution in [3.05, 3.63) is 53.2 Å². The minimum Gasteiger partial charge on any atom is -0.497 e. The lowest BCUT2D eigenvalue weighted by molar-refractivity contribution is 0.0465. The summed E-state index contributed by atoms with van der Waals surface area (Å²) in [4.78, 5) is 17.2. The highest BCUT2D eigenvalue weighted by Gasteiger charge is 2.48. The monoisotopic (exact) mass is 550 g/mol. The molecule has 1 aromatic heterocycles. The number of ether oxygens (including phenoxy) is 3. The van der Waals surface area contributed by atoms with E-state index in [-0.39, 0.29) is 30.1 Å². The van der Waals surface area contributed by atoms with Crippen molar-refractivity contribution in [2.24, 2.45) is 7.05 Å². The molecule has 2 N–H and O–H groups in total. The maximum atomic E-state index is 12.9. The first-order chi connectivity index (χ1) is 19.2. The molecule has 5 rings (SSSR count). The van der Waals surface area contributed by atoms with Crippen LogP contribution in [-0.2, 0) is 19.0 Å². The number of hydrogen-bond donors (Lipinski definition) is 2. The summed E-state index contributed by atoms with van der Waals surface area (Å²) in [5.41, 5.74) is 4.41. The van der Waals surface area contributed by atoms with Crippen molar-refractivity contribution in [2.45, 2.75) is 50.7 Å². The van der Waals surface area contributed by atoms with Gasteiger partial charge < -0.3 is 34.1 Å². The number of benzene rings is 2. The van der Waals surface area contributed by atoms with Crippen LogP contribution in [0.5, 0.6) is 17.2 Å². The Morgan fingerprint density at radius 2 is 1.68 bits per heavy atom. The van der Waals surface area contributed by atoms with E-state index in [1.807, 2.05) is 43.0 Å². The van der Waals surface area contributed by atoms with Gasteiger partial charge in [-0.1, -0.05) is 0 Å². The Morgan fingerprint density at radius 1 is 1.02 bits per heavy atom. The summed E-state index contributed by atoms with van der Waals surface area (Å²) >= 11 is 0. The van der Waals surface area contributed by atoms with E-state index in [2.05, 4.69) is 34.0 Å². The Balaban J connectivity index is 1.59. The van der Waals surface area contributed by atoms with Gasteiger partial charge in [0.25, 0.3) is 0 Å². The van der Waals surface area contributed by atoms with Gasteiger partial charge in [0.15, 0.2) is 0 Å². The van der Waals surface area contributed by atoms with Crippen LogP contribution in [0.4, 0.5) is 4.79 Å². The molecular weight excluding hydrogens is 508 g/mol. The van der Waals surface area contributed by atoms with Crippen LogP contribution in [0.25, 0.3) is 10.9 Å². The Hall–Kier alpha value is -3.43. The predicted octanol–water partition coefficient (Wildman–Crippen LogP) is 4.20. The number of aliphatic hydroxyl groups is 1. The van der Waals surface area contributed by atoms with Gasteiger partial charge in [-0.15, -0.1) is 0 Å². The van der Waals surface area contributed by atoms with Crippen molar-refractivity contribution in [1.82, 2.24) is 19.7 Å². The van der Waals surface area contributed by atoms with E-state index in [9.17, 15) is 9.90 Å². The molecule has 1 saturated heterocycles. The Bertz CT molecular complexity index is 1350. The van der Waals surface area contributed by atoms with Crippen molar-refractivity contribution in [3.8, 4) is 17.2 Å². The standard InChI is InChI=1S/C31H42N4O5/c1-20(2)32-30(37)34-11-9-31(10-12-34)19-35(17-21-13-23(39-5)15-24(14-21)40-6)27(18-36)29-28(31)25-8-7-22(38-4)16-26(25)33(29)3/h7-8,13-16,20,27,36H,9-12,17-19H2,1-6H3,(H,32,37)/t27-/m1/s1. The van der Waals surface area contributed by atoms with Gasteiger partial charge in [-0.05, 0) is 62.1 Å².